The minimum atomic E-state index is 0.571. The predicted octanol–water partition coefficient (Wildman–Crippen LogP) is 2.86. The summed E-state index contributed by atoms with van der Waals surface area (Å²) in [4.78, 5) is 4.49. The van der Waals surface area contributed by atoms with Crippen molar-refractivity contribution in [2.45, 2.75) is 26.8 Å². The zero-order chi connectivity index (χ0) is 13.4. The molecule has 0 aliphatic carbocycles. The zero-order valence-corrected chi connectivity index (χ0v) is 11.1. The second-order valence-corrected chi connectivity index (χ2v) is 4.40. The third-order valence-corrected chi connectivity index (χ3v) is 3.16. The SMILES string of the molecule is CCc1cc(-c2nc3c(N)cccc3o2)n(CC)n1. The second kappa shape index (κ2) is 4.42. The topological polar surface area (TPSA) is 69.9 Å². The van der Waals surface area contributed by atoms with Gasteiger partial charge in [-0.25, -0.2) is 4.98 Å². The molecule has 0 aliphatic heterocycles. The summed E-state index contributed by atoms with van der Waals surface area (Å²) >= 11 is 0. The summed E-state index contributed by atoms with van der Waals surface area (Å²) in [7, 11) is 0. The number of aromatic nitrogens is 3. The van der Waals surface area contributed by atoms with Crippen molar-refractivity contribution in [2.24, 2.45) is 0 Å². The average Bonchev–Trinajstić information content (AvgIpc) is 3.02. The number of benzene rings is 1. The van der Waals surface area contributed by atoms with Crippen LogP contribution in [0.5, 0.6) is 0 Å². The molecule has 1 aromatic carbocycles. The Morgan fingerprint density at radius 1 is 1.32 bits per heavy atom. The second-order valence-electron chi connectivity index (χ2n) is 4.40. The normalized spacial score (nSPS) is 11.3. The van der Waals surface area contributed by atoms with Crippen LogP contribution in [0.15, 0.2) is 28.7 Å². The summed E-state index contributed by atoms with van der Waals surface area (Å²) in [6, 6.07) is 7.57. The van der Waals surface area contributed by atoms with Crippen LogP contribution in [0.4, 0.5) is 5.69 Å². The maximum absolute atomic E-state index is 5.90. The Balaban J connectivity index is 2.18. The molecule has 2 aromatic heterocycles. The van der Waals surface area contributed by atoms with Crippen molar-refractivity contribution in [3.63, 3.8) is 0 Å². The van der Waals surface area contributed by atoms with Gasteiger partial charge < -0.3 is 10.2 Å². The van der Waals surface area contributed by atoms with Crippen LogP contribution in [0, 0.1) is 0 Å². The molecule has 19 heavy (non-hydrogen) atoms. The molecule has 2 N–H and O–H groups in total. The van der Waals surface area contributed by atoms with Crippen LogP contribution in [-0.2, 0) is 13.0 Å². The molecule has 98 valence electrons. The summed E-state index contributed by atoms with van der Waals surface area (Å²) in [6.07, 6.45) is 0.891. The maximum atomic E-state index is 5.90. The zero-order valence-electron chi connectivity index (χ0n) is 11.1. The van der Waals surface area contributed by atoms with E-state index in [4.69, 9.17) is 10.2 Å². The van der Waals surface area contributed by atoms with Gasteiger partial charge in [0.15, 0.2) is 5.58 Å². The van der Waals surface area contributed by atoms with Crippen molar-refractivity contribution >= 4 is 16.8 Å². The quantitative estimate of drug-likeness (QED) is 0.731. The number of anilines is 1. The number of hydrogen-bond donors (Lipinski definition) is 1. The van der Waals surface area contributed by atoms with Crippen LogP contribution >= 0.6 is 0 Å². The molecule has 3 aromatic rings. The first-order valence-corrected chi connectivity index (χ1v) is 6.45. The molecule has 0 radical (unpaired) electrons. The number of fused-ring (bicyclic) bond motifs is 1. The Bertz CT molecular complexity index is 726. The molecular weight excluding hydrogens is 240 g/mol. The van der Waals surface area contributed by atoms with Crippen LogP contribution in [-0.4, -0.2) is 14.8 Å². The first-order valence-electron chi connectivity index (χ1n) is 6.45. The Morgan fingerprint density at radius 3 is 2.84 bits per heavy atom. The molecule has 0 atom stereocenters. The van der Waals surface area contributed by atoms with E-state index < -0.39 is 0 Å². The highest BCUT2D eigenvalue weighted by Crippen LogP contribution is 2.27. The van der Waals surface area contributed by atoms with Gasteiger partial charge in [-0.3, -0.25) is 4.68 Å². The van der Waals surface area contributed by atoms with Gasteiger partial charge in [-0.2, -0.15) is 5.10 Å². The minimum Gasteiger partial charge on any atom is -0.435 e. The van der Waals surface area contributed by atoms with E-state index in [2.05, 4.69) is 17.0 Å². The standard InChI is InChI=1S/C14H16N4O/c1-3-9-8-11(18(4-2)17-9)14-16-13-10(15)6-5-7-12(13)19-14/h5-8H,3-4,15H2,1-2H3. The number of rotatable bonds is 3. The molecule has 0 saturated carbocycles. The van der Waals surface area contributed by atoms with E-state index in [1.54, 1.807) is 0 Å². The Morgan fingerprint density at radius 2 is 2.16 bits per heavy atom. The number of nitrogens with zero attached hydrogens (tertiary/aromatic N) is 3. The van der Waals surface area contributed by atoms with E-state index in [1.807, 2.05) is 35.9 Å². The van der Waals surface area contributed by atoms with E-state index >= 15 is 0 Å². The minimum absolute atomic E-state index is 0.571. The Kier molecular flexibility index (Phi) is 2.74. The number of aryl methyl sites for hydroxylation is 2. The summed E-state index contributed by atoms with van der Waals surface area (Å²) in [5.74, 6) is 0.571. The fourth-order valence-corrected chi connectivity index (χ4v) is 2.14. The number of para-hydroxylation sites is 1. The molecule has 0 amide bonds. The van der Waals surface area contributed by atoms with Crippen molar-refractivity contribution in [1.29, 1.82) is 0 Å². The molecule has 0 fully saturated rings. The van der Waals surface area contributed by atoms with Crippen LogP contribution in [0.25, 0.3) is 22.7 Å². The van der Waals surface area contributed by atoms with Crippen LogP contribution < -0.4 is 5.73 Å². The van der Waals surface area contributed by atoms with Gasteiger partial charge in [-0.15, -0.1) is 0 Å². The van der Waals surface area contributed by atoms with Crippen LogP contribution in [0.1, 0.15) is 19.5 Å². The monoisotopic (exact) mass is 256 g/mol. The molecule has 0 bridgehead atoms. The van der Waals surface area contributed by atoms with Crippen LogP contribution in [0.3, 0.4) is 0 Å². The third-order valence-electron chi connectivity index (χ3n) is 3.16. The molecular formula is C14H16N4O. The molecule has 5 nitrogen and oxygen atoms in total. The van der Waals surface area contributed by atoms with E-state index in [0.717, 1.165) is 24.4 Å². The smallest absolute Gasteiger partial charge is 0.245 e. The van der Waals surface area contributed by atoms with E-state index in [0.29, 0.717) is 22.7 Å². The largest absolute Gasteiger partial charge is 0.435 e. The fraction of sp³-hybridized carbons (Fsp3) is 0.286. The molecule has 3 rings (SSSR count). The highest BCUT2D eigenvalue weighted by molar-refractivity contribution is 5.86. The highest BCUT2D eigenvalue weighted by Gasteiger charge is 2.15. The Labute approximate surface area is 111 Å². The molecule has 2 heterocycles. The fourth-order valence-electron chi connectivity index (χ4n) is 2.14. The van der Waals surface area contributed by atoms with Gasteiger partial charge >= 0.3 is 0 Å². The molecule has 0 aliphatic rings. The predicted molar refractivity (Wildman–Crippen MR) is 74.7 cm³/mol. The lowest BCUT2D eigenvalue weighted by atomic mass is 10.3. The average molecular weight is 256 g/mol. The lowest BCUT2D eigenvalue weighted by Crippen LogP contribution is -1.99. The number of nitrogen functional groups attached to an aromatic ring is 1. The molecule has 0 spiro atoms. The van der Waals surface area contributed by atoms with Gasteiger partial charge in [-0.1, -0.05) is 13.0 Å². The van der Waals surface area contributed by atoms with Crippen molar-refractivity contribution in [3.8, 4) is 11.6 Å². The first kappa shape index (κ1) is 11.8. The highest BCUT2D eigenvalue weighted by atomic mass is 16.3. The van der Waals surface area contributed by atoms with E-state index in [1.165, 1.54) is 0 Å². The summed E-state index contributed by atoms with van der Waals surface area (Å²) in [6.45, 7) is 4.91. The summed E-state index contributed by atoms with van der Waals surface area (Å²) < 4.78 is 7.69. The van der Waals surface area contributed by atoms with E-state index in [-0.39, 0.29) is 0 Å². The molecule has 0 saturated heterocycles. The van der Waals surface area contributed by atoms with Gasteiger partial charge in [0.2, 0.25) is 5.89 Å². The summed E-state index contributed by atoms with van der Waals surface area (Å²) in [5, 5.41) is 4.50. The number of hydrogen-bond acceptors (Lipinski definition) is 4. The summed E-state index contributed by atoms with van der Waals surface area (Å²) in [5.41, 5.74) is 9.88. The van der Waals surface area contributed by atoms with Gasteiger partial charge in [0.05, 0.1) is 11.4 Å². The first-order chi connectivity index (χ1) is 9.22. The van der Waals surface area contributed by atoms with Gasteiger partial charge in [-0.05, 0) is 31.5 Å². The van der Waals surface area contributed by atoms with Crippen molar-refractivity contribution in [2.75, 3.05) is 5.73 Å². The van der Waals surface area contributed by atoms with Gasteiger partial charge in [0, 0.05) is 6.54 Å². The molecule has 5 heteroatoms. The Hall–Kier alpha value is -2.30. The van der Waals surface area contributed by atoms with Crippen molar-refractivity contribution in [1.82, 2.24) is 14.8 Å². The third kappa shape index (κ3) is 1.87. The maximum Gasteiger partial charge on any atom is 0.245 e. The van der Waals surface area contributed by atoms with Gasteiger partial charge in [0.25, 0.3) is 0 Å². The lowest BCUT2D eigenvalue weighted by molar-refractivity contribution is 0.590. The van der Waals surface area contributed by atoms with Crippen LogP contribution in [0.2, 0.25) is 0 Å². The number of oxazole rings is 1. The van der Waals surface area contributed by atoms with Gasteiger partial charge in [0.1, 0.15) is 11.2 Å². The number of nitrogens with two attached hydrogens (primary N) is 1. The van der Waals surface area contributed by atoms with E-state index in [9.17, 15) is 0 Å². The van der Waals surface area contributed by atoms with Crippen molar-refractivity contribution in [3.05, 3.63) is 30.0 Å². The van der Waals surface area contributed by atoms with Crippen molar-refractivity contribution < 1.29 is 4.42 Å². The lowest BCUT2D eigenvalue weighted by Gasteiger charge is -1.98. The molecule has 0 unspecified atom stereocenters.